The molecule has 0 aromatic heterocycles. The number of phenolic OH excluding ortho intramolecular Hbond substituents is 1. The molecular weight excluding hydrogens is 296 g/mol. The number of rotatable bonds is 5. The van der Waals surface area contributed by atoms with Crippen LogP contribution in [-0.2, 0) is 0 Å². The van der Waals surface area contributed by atoms with Crippen molar-refractivity contribution in [3.8, 4) is 5.75 Å². The molecule has 0 bridgehead atoms. The minimum absolute atomic E-state index is 0.00818. The average molecular weight is 315 g/mol. The first kappa shape index (κ1) is 15.0. The Morgan fingerprint density at radius 2 is 1.94 bits per heavy atom. The number of benzene rings is 1. The highest BCUT2D eigenvalue weighted by molar-refractivity contribution is 9.10. The minimum atomic E-state index is -0.154. The standard InChI is InChI=1S/C13H19BrN2O2/c1-15(2)7-4-8-16(3)13(18)11-6-5-10(14)9-12(11)17/h5-6,9,17H,4,7-8H2,1-3H3. The van der Waals surface area contributed by atoms with Crippen LogP contribution < -0.4 is 0 Å². The van der Waals surface area contributed by atoms with Gasteiger partial charge in [0.25, 0.3) is 5.91 Å². The molecule has 1 aromatic rings. The Labute approximate surface area is 116 Å². The second-order valence-electron chi connectivity index (χ2n) is 4.55. The lowest BCUT2D eigenvalue weighted by atomic mass is 10.1. The van der Waals surface area contributed by atoms with Crippen molar-refractivity contribution in [2.45, 2.75) is 6.42 Å². The average Bonchev–Trinajstić information content (AvgIpc) is 2.27. The third-order valence-electron chi connectivity index (χ3n) is 2.64. The van der Waals surface area contributed by atoms with E-state index in [-0.39, 0.29) is 11.7 Å². The molecule has 0 aliphatic rings. The van der Waals surface area contributed by atoms with Crippen molar-refractivity contribution in [1.29, 1.82) is 0 Å². The number of carbonyl (C=O) groups is 1. The maximum Gasteiger partial charge on any atom is 0.257 e. The van der Waals surface area contributed by atoms with Gasteiger partial charge in [0.1, 0.15) is 5.75 Å². The number of hydrogen-bond donors (Lipinski definition) is 1. The van der Waals surface area contributed by atoms with E-state index in [2.05, 4.69) is 20.8 Å². The van der Waals surface area contributed by atoms with Crippen LogP contribution in [0.2, 0.25) is 0 Å². The van der Waals surface area contributed by atoms with Crippen molar-refractivity contribution in [3.05, 3.63) is 28.2 Å². The summed E-state index contributed by atoms with van der Waals surface area (Å²) < 4.78 is 0.756. The molecule has 18 heavy (non-hydrogen) atoms. The Morgan fingerprint density at radius 3 is 2.50 bits per heavy atom. The molecular formula is C13H19BrN2O2. The van der Waals surface area contributed by atoms with Crippen LogP contribution >= 0.6 is 15.9 Å². The predicted octanol–water partition coefficient (Wildman–Crippen LogP) is 2.18. The van der Waals surface area contributed by atoms with Gasteiger partial charge >= 0.3 is 0 Å². The molecule has 1 amide bonds. The van der Waals surface area contributed by atoms with Gasteiger partial charge in [0, 0.05) is 18.1 Å². The van der Waals surface area contributed by atoms with Crippen LogP contribution in [0, 0.1) is 0 Å². The summed E-state index contributed by atoms with van der Waals surface area (Å²) in [4.78, 5) is 15.8. The van der Waals surface area contributed by atoms with Gasteiger partial charge in [0.15, 0.2) is 0 Å². The van der Waals surface area contributed by atoms with E-state index < -0.39 is 0 Å². The third-order valence-corrected chi connectivity index (χ3v) is 3.13. The minimum Gasteiger partial charge on any atom is -0.507 e. The van der Waals surface area contributed by atoms with E-state index in [1.165, 1.54) is 6.07 Å². The molecule has 100 valence electrons. The van der Waals surface area contributed by atoms with Crippen molar-refractivity contribution in [2.75, 3.05) is 34.2 Å². The molecule has 0 saturated heterocycles. The number of aromatic hydroxyl groups is 1. The first-order chi connectivity index (χ1) is 8.41. The van der Waals surface area contributed by atoms with Crippen LogP contribution in [0.1, 0.15) is 16.8 Å². The molecule has 0 fully saturated rings. The predicted molar refractivity (Wildman–Crippen MR) is 75.9 cm³/mol. The molecule has 0 aliphatic heterocycles. The summed E-state index contributed by atoms with van der Waals surface area (Å²) in [6, 6.07) is 4.91. The number of amides is 1. The zero-order valence-electron chi connectivity index (χ0n) is 11.0. The SMILES string of the molecule is CN(C)CCCN(C)C(=O)c1ccc(Br)cc1O. The molecule has 0 unspecified atom stereocenters. The highest BCUT2D eigenvalue weighted by Gasteiger charge is 2.15. The summed E-state index contributed by atoms with van der Waals surface area (Å²) in [5, 5.41) is 9.74. The highest BCUT2D eigenvalue weighted by Crippen LogP contribution is 2.23. The summed E-state index contributed by atoms with van der Waals surface area (Å²) >= 11 is 3.25. The van der Waals surface area contributed by atoms with Gasteiger partial charge in [0.05, 0.1) is 5.56 Å². The summed E-state index contributed by atoms with van der Waals surface area (Å²) in [5.74, 6) is -0.146. The first-order valence-corrected chi connectivity index (χ1v) is 6.60. The quantitative estimate of drug-likeness (QED) is 0.906. The molecule has 1 rings (SSSR count). The Kier molecular flexibility index (Phi) is 5.62. The van der Waals surface area contributed by atoms with Gasteiger partial charge in [-0.2, -0.15) is 0 Å². The topological polar surface area (TPSA) is 43.8 Å². The van der Waals surface area contributed by atoms with Gasteiger partial charge in [-0.25, -0.2) is 0 Å². The van der Waals surface area contributed by atoms with Gasteiger partial charge in [-0.3, -0.25) is 4.79 Å². The lowest BCUT2D eigenvalue weighted by Crippen LogP contribution is -2.29. The van der Waals surface area contributed by atoms with Crippen LogP contribution in [0.3, 0.4) is 0 Å². The largest absolute Gasteiger partial charge is 0.507 e. The molecule has 1 N–H and O–H groups in total. The van der Waals surface area contributed by atoms with Crippen molar-refractivity contribution in [2.24, 2.45) is 0 Å². The smallest absolute Gasteiger partial charge is 0.257 e. The van der Waals surface area contributed by atoms with Crippen LogP contribution in [0.25, 0.3) is 0 Å². The zero-order chi connectivity index (χ0) is 13.7. The Bertz CT molecular complexity index is 421. The summed E-state index contributed by atoms with van der Waals surface area (Å²) in [6.07, 6.45) is 0.909. The van der Waals surface area contributed by atoms with E-state index in [1.807, 2.05) is 14.1 Å². The number of phenols is 1. The molecule has 1 aromatic carbocycles. The second-order valence-corrected chi connectivity index (χ2v) is 5.46. The lowest BCUT2D eigenvalue weighted by molar-refractivity contribution is 0.0787. The van der Waals surface area contributed by atoms with Crippen LogP contribution in [-0.4, -0.2) is 55.0 Å². The van der Waals surface area contributed by atoms with Crippen LogP contribution in [0.4, 0.5) is 0 Å². The Morgan fingerprint density at radius 1 is 1.28 bits per heavy atom. The fraction of sp³-hybridized carbons (Fsp3) is 0.462. The Hall–Kier alpha value is -1.07. The van der Waals surface area contributed by atoms with E-state index in [9.17, 15) is 9.90 Å². The van der Waals surface area contributed by atoms with E-state index in [1.54, 1.807) is 24.1 Å². The monoisotopic (exact) mass is 314 g/mol. The first-order valence-electron chi connectivity index (χ1n) is 5.80. The van der Waals surface area contributed by atoms with E-state index in [0.29, 0.717) is 12.1 Å². The lowest BCUT2D eigenvalue weighted by Gasteiger charge is -2.19. The summed E-state index contributed by atoms with van der Waals surface area (Å²) in [5.41, 5.74) is 0.338. The van der Waals surface area contributed by atoms with E-state index in [4.69, 9.17) is 0 Å². The maximum absolute atomic E-state index is 12.1. The van der Waals surface area contributed by atoms with Crippen LogP contribution in [0.5, 0.6) is 5.75 Å². The normalized spacial score (nSPS) is 10.7. The van der Waals surface area contributed by atoms with Crippen molar-refractivity contribution >= 4 is 21.8 Å². The van der Waals surface area contributed by atoms with Crippen LogP contribution in [0.15, 0.2) is 22.7 Å². The summed E-state index contributed by atoms with van der Waals surface area (Å²) in [6.45, 7) is 1.61. The molecule has 0 atom stereocenters. The number of hydrogen-bond acceptors (Lipinski definition) is 3. The highest BCUT2D eigenvalue weighted by atomic mass is 79.9. The fourth-order valence-corrected chi connectivity index (χ4v) is 1.97. The molecule has 0 spiro atoms. The van der Waals surface area contributed by atoms with Crippen molar-refractivity contribution < 1.29 is 9.90 Å². The maximum atomic E-state index is 12.1. The van der Waals surface area contributed by atoms with Gasteiger partial charge in [-0.1, -0.05) is 15.9 Å². The number of halogens is 1. The molecule has 0 aliphatic carbocycles. The molecule has 0 saturated carbocycles. The molecule has 0 radical (unpaired) electrons. The van der Waals surface area contributed by atoms with Crippen molar-refractivity contribution in [3.63, 3.8) is 0 Å². The third kappa shape index (κ3) is 4.31. The molecule has 5 heteroatoms. The van der Waals surface area contributed by atoms with E-state index in [0.717, 1.165) is 17.4 Å². The molecule has 4 nitrogen and oxygen atoms in total. The van der Waals surface area contributed by atoms with Gasteiger partial charge in [-0.05, 0) is 45.3 Å². The van der Waals surface area contributed by atoms with E-state index >= 15 is 0 Å². The molecule has 0 heterocycles. The van der Waals surface area contributed by atoms with Gasteiger partial charge in [0.2, 0.25) is 0 Å². The Balaban J connectivity index is 2.63. The zero-order valence-corrected chi connectivity index (χ0v) is 12.6. The fourth-order valence-electron chi connectivity index (χ4n) is 1.62. The summed E-state index contributed by atoms with van der Waals surface area (Å²) in [7, 11) is 5.75. The number of nitrogens with zero attached hydrogens (tertiary/aromatic N) is 2. The van der Waals surface area contributed by atoms with Gasteiger partial charge in [-0.15, -0.1) is 0 Å². The van der Waals surface area contributed by atoms with Gasteiger partial charge < -0.3 is 14.9 Å². The number of carbonyl (C=O) groups excluding carboxylic acids is 1. The second kappa shape index (κ2) is 6.75. The van der Waals surface area contributed by atoms with Crippen molar-refractivity contribution in [1.82, 2.24) is 9.80 Å².